The molecule has 0 radical (unpaired) electrons. The summed E-state index contributed by atoms with van der Waals surface area (Å²) >= 11 is 0. The van der Waals surface area contributed by atoms with Gasteiger partial charge in [-0.1, -0.05) is 30.3 Å². The minimum atomic E-state index is -4.48. The van der Waals surface area contributed by atoms with Crippen molar-refractivity contribution in [3.63, 3.8) is 0 Å². The van der Waals surface area contributed by atoms with Crippen LogP contribution < -0.4 is 0 Å². The maximum absolute atomic E-state index is 13.1. The van der Waals surface area contributed by atoms with Gasteiger partial charge in [-0.3, -0.25) is 0 Å². The molecule has 0 atom stereocenters. The van der Waals surface area contributed by atoms with Gasteiger partial charge in [0.25, 0.3) is 0 Å². The van der Waals surface area contributed by atoms with E-state index in [-0.39, 0.29) is 11.1 Å². The fourth-order valence-electron chi connectivity index (χ4n) is 1.96. The van der Waals surface area contributed by atoms with E-state index in [1.165, 1.54) is 12.1 Å². The minimum Gasteiger partial charge on any atom is -0.192 e. The van der Waals surface area contributed by atoms with Crippen molar-refractivity contribution < 1.29 is 13.2 Å². The van der Waals surface area contributed by atoms with Crippen molar-refractivity contribution in [3.8, 4) is 17.2 Å². The molecule has 1 nitrogen and oxygen atoms in total. The third-order valence-electron chi connectivity index (χ3n) is 2.89. The highest BCUT2D eigenvalue weighted by Crippen LogP contribution is 2.38. The topological polar surface area (TPSA) is 23.8 Å². The summed E-state index contributed by atoms with van der Waals surface area (Å²) in [4.78, 5) is 0. The number of halogens is 3. The number of nitriles is 1. The maximum Gasteiger partial charge on any atom is 0.417 e. The molecule has 4 heteroatoms. The van der Waals surface area contributed by atoms with Crippen LogP contribution in [0.3, 0.4) is 0 Å². The molecule has 19 heavy (non-hydrogen) atoms. The summed E-state index contributed by atoms with van der Waals surface area (Å²) in [6.45, 7) is 1.76. The van der Waals surface area contributed by atoms with E-state index in [0.29, 0.717) is 5.56 Å². The lowest BCUT2D eigenvalue weighted by atomic mass is 9.94. The Bertz CT molecular complexity index is 651. The fraction of sp³-hybridized carbons (Fsp3) is 0.133. The molecule has 0 saturated carbocycles. The van der Waals surface area contributed by atoms with Crippen molar-refractivity contribution in [2.24, 2.45) is 0 Å². The van der Waals surface area contributed by atoms with Crippen molar-refractivity contribution in [3.05, 3.63) is 59.2 Å². The normalized spacial score (nSPS) is 11.1. The first-order valence-electron chi connectivity index (χ1n) is 5.61. The molecule has 0 amide bonds. The van der Waals surface area contributed by atoms with Gasteiger partial charge >= 0.3 is 6.18 Å². The van der Waals surface area contributed by atoms with Crippen molar-refractivity contribution in [2.45, 2.75) is 13.1 Å². The van der Waals surface area contributed by atoms with E-state index < -0.39 is 11.7 Å². The first-order valence-corrected chi connectivity index (χ1v) is 5.61. The van der Waals surface area contributed by atoms with Crippen molar-refractivity contribution in [1.82, 2.24) is 0 Å². The van der Waals surface area contributed by atoms with Crippen LogP contribution in [-0.4, -0.2) is 0 Å². The van der Waals surface area contributed by atoms with Gasteiger partial charge in [0.15, 0.2) is 0 Å². The molecule has 96 valence electrons. The van der Waals surface area contributed by atoms with Crippen LogP contribution in [0.2, 0.25) is 0 Å². The van der Waals surface area contributed by atoms with Gasteiger partial charge in [0, 0.05) is 0 Å². The summed E-state index contributed by atoms with van der Waals surface area (Å²) in [6, 6.07) is 12.2. The Morgan fingerprint density at radius 2 is 1.68 bits per heavy atom. The van der Waals surface area contributed by atoms with Crippen molar-refractivity contribution in [1.29, 1.82) is 5.26 Å². The molecule has 0 aromatic heterocycles. The summed E-state index contributed by atoms with van der Waals surface area (Å²) in [5, 5.41) is 8.73. The summed E-state index contributed by atoms with van der Waals surface area (Å²) in [5.74, 6) is 0. The average molecular weight is 261 g/mol. The van der Waals surface area contributed by atoms with Gasteiger partial charge in [0.1, 0.15) is 0 Å². The molecule has 0 aliphatic carbocycles. The van der Waals surface area contributed by atoms with E-state index in [2.05, 4.69) is 0 Å². The molecular weight excluding hydrogens is 251 g/mol. The van der Waals surface area contributed by atoms with Crippen LogP contribution in [0.1, 0.15) is 16.7 Å². The molecule has 0 unspecified atom stereocenters. The van der Waals surface area contributed by atoms with E-state index in [9.17, 15) is 13.2 Å². The average Bonchev–Trinajstić information content (AvgIpc) is 2.38. The van der Waals surface area contributed by atoms with Crippen molar-refractivity contribution >= 4 is 0 Å². The number of aryl methyl sites for hydroxylation is 1. The highest BCUT2D eigenvalue weighted by atomic mass is 19.4. The fourth-order valence-corrected chi connectivity index (χ4v) is 1.96. The number of hydrogen-bond donors (Lipinski definition) is 0. The van der Waals surface area contributed by atoms with E-state index in [0.717, 1.165) is 11.6 Å². The van der Waals surface area contributed by atoms with Crippen LogP contribution in [0.25, 0.3) is 11.1 Å². The second-order valence-corrected chi connectivity index (χ2v) is 4.18. The zero-order chi connectivity index (χ0) is 14.0. The first kappa shape index (κ1) is 13.2. The lowest BCUT2D eigenvalue weighted by Crippen LogP contribution is -2.08. The first-order chi connectivity index (χ1) is 8.93. The largest absolute Gasteiger partial charge is 0.417 e. The molecule has 2 aromatic rings. The van der Waals surface area contributed by atoms with Crippen LogP contribution in [0.15, 0.2) is 42.5 Å². The number of alkyl halides is 3. The predicted octanol–water partition coefficient (Wildman–Crippen LogP) is 4.55. The van der Waals surface area contributed by atoms with E-state index in [1.54, 1.807) is 37.3 Å². The smallest absolute Gasteiger partial charge is 0.192 e. The van der Waals surface area contributed by atoms with E-state index in [1.807, 2.05) is 0 Å². The highest BCUT2D eigenvalue weighted by Gasteiger charge is 2.34. The molecule has 0 spiro atoms. The molecule has 0 bridgehead atoms. The molecule has 0 N–H and O–H groups in total. The SMILES string of the molecule is Cc1ccccc1-c1ccc(C#N)cc1C(F)(F)F. The Morgan fingerprint density at radius 1 is 1.00 bits per heavy atom. The Balaban J connectivity index is 2.71. The zero-order valence-corrected chi connectivity index (χ0v) is 10.1. The third-order valence-corrected chi connectivity index (χ3v) is 2.89. The number of benzene rings is 2. The molecule has 2 rings (SSSR count). The van der Waals surface area contributed by atoms with Gasteiger partial charge in [-0.15, -0.1) is 0 Å². The number of hydrogen-bond acceptors (Lipinski definition) is 1. The molecule has 2 aromatic carbocycles. The van der Waals surface area contributed by atoms with Gasteiger partial charge < -0.3 is 0 Å². The highest BCUT2D eigenvalue weighted by molar-refractivity contribution is 5.72. The standard InChI is InChI=1S/C15H10F3N/c1-10-4-2-3-5-12(10)13-7-6-11(9-19)8-14(13)15(16,17)18/h2-8H,1H3. The molecular formula is C15H10F3N. The van der Waals surface area contributed by atoms with Crippen LogP contribution in [0, 0.1) is 18.3 Å². The molecule has 0 saturated heterocycles. The second kappa shape index (κ2) is 4.77. The van der Waals surface area contributed by atoms with E-state index in [4.69, 9.17) is 5.26 Å². The van der Waals surface area contributed by atoms with Crippen LogP contribution in [0.4, 0.5) is 13.2 Å². The van der Waals surface area contributed by atoms with Crippen molar-refractivity contribution in [2.75, 3.05) is 0 Å². The van der Waals surface area contributed by atoms with E-state index >= 15 is 0 Å². The summed E-state index contributed by atoms with van der Waals surface area (Å²) < 4.78 is 39.2. The van der Waals surface area contributed by atoms with Gasteiger partial charge in [-0.05, 0) is 35.7 Å². The van der Waals surface area contributed by atoms with Gasteiger partial charge in [0.05, 0.1) is 17.2 Å². The third kappa shape index (κ3) is 2.60. The molecule has 0 aliphatic heterocycles. The Hall–Kier alpha value is -2.28. The Labute approximate surface area is 108 Å². The van der Waals surface area contributed by atoms with Gasteiger partial charge in [-0.25, -0.2) is 0 Å². The van der Waals surface area contributed by atoms with Crippen LogP contribution in [0.5, 0.6) is 0 Å². The summed E-state index contributed by atoms with van der Waals surface area (Å²) in [7, 11) is 0. The summed E-state index contributed by atoms with van der Waals surface area (Å²) in [5.41, 5.74) is 0.618. The number of rotatable bonds is 1. The monoisotopic (exact) mass is 261 g/mol. The lowest BCUT2D eigenvalue weighted by molar-refractivity contribution is -0.137. The molecule has 0 aliphatic rings. The molecule has 0 fully saturated rings. The van der Waals surface area contributed by atoms with Gasteiger partial charge in [0.2, 0.25) is 0 Å². The maximum atomic E-state index is 13.1. The number of nitrogens with zero attached hydrogens (tertiary/aromatic N) is 1. The Morgan fingerprint density at radius 3 is 2.26 bits per heavy atom. The predicted molar refractivity (Wildman–Crippen MR) is 66.3 cm³/mol. The molecule has 0 heterocycles. The lowest BCUT2D eigenvalue weighted by Gasteiger charge is -2.14. The van der Waals surface area contributed by atoms with Crippen LogP contribution in [-0.2, 0) is 6.18 Å². The second-order valence-electron chi connectivity index (χ2n) is 4.18. The quantitative estimate of drug-likeness (QED) is 0.738. The minimum absolute atomic E-state index is 0.00431. The van der Waals surface area contributed by atoms with Gasteiger partial charge in [-0.2, -0.15) is 18.4 Å². The Kier molecular flexibility index (Phi) is 3.30. The van der Waals surface area contributed by atoms with Crippen LogP contribution >= 0.6 is 0 Å². The summed E-state index contributed by atoms with van der Waals surface area (Å²) in [6.07, 6.45) is -4.48. The zero-order valence-electron chi connectivity index (χ0n) is 10.1.